The van der Waals surface area contributed by atoms with Gasteiger partial charge in [-0.05, 0) is 48.7 Å². The van der Waals surface area contributed by atoms with Crippen molar-refractivity contribution in [1.29, 1.82) is 0 Å². The number of methoxy groups -OCH3 is 3. The van der Waals surface area contributed by atoms with Crippen LogP contribution in [0.25, 0.3) is 10.2 Å². The van der Waals surface area contributed by atoms with Crippen molar-refractivity contribution < 1.29 is 27.4 Å². The van der Waals surface area contributed by atoms with Crippen molar-refractivity contribution in [3.05, 3.63) is 35.9 Å². The van der Waals surface area contributed by atoms with E-state index in [1.165, 1.54) is 37.0 Å². The molecule has 9 nitrogen and oxygen atoms in total. The third kappa shape index (κ3) is 4.75. The van der Waals surface area contributed by atoms with Crippen LogP contribution in [0.3, 0.4) is 0 Å². The highest BCUT2D eigenvalue weighted by Gasteiger charge is 2.27. The molecule has 1 amide bonds. The van der Waals surface area contributed by atoms with Gasteiger partial charge in [0.1, 0.15) is 0 Å². The fraction of sp³-hybridized carbons (Fsp3) is 0.364. The van der Waals surface area contributed by atoms with Crippen LogP contribution < -0.4 is 19.5 Å². The minimum Gasteiger partial charge on any atom is -0.493 e. The fourth-order valence-electron chi connectivity index (χ4n) is 3.78. The quantitative estimate of drug-likeness (QED) is 0.515. The molecule has 0 aliphatic carbocycles. The van der Waals surface area contributed by atoms with Crippen molar-refractivity contribution in [2.24, 2.45) is 0 Å². The van der Waals surface area contributed by atoms with Gasteiger partial charge in [-0.1, -0.05) is 11.3 Å². The Morgan fingerprint density at radius 1 is 1.06 bits per heavy atom. The standard InChI is InChI=1S/C22H25N3O6S2/c1-29-17-10-14(11-18(30-2)21(17)31-3)12-20(26)24-22-23-16-7-6-15(13-19(16)32-22)33(27,28)25-8-4-5-9-25/h6-7,10-11,13H,4-5,8-9,12H2,1-3H3,(H,23,24,26). The van der Waals surface area contributed by atoms with E-state index < -0.39 is 10.0 Å². The van der Waals surface area contributed by atoms with E-state index in [1.807, 2.05) is 0 Å². The molecule has 1 aliphatic rings. The summed E-state index contributed by atoms with van der Waals surface area (Å²) in [6.45, 7) is 1.09. The first-order valence-electron chi connectivity index (χ1n) is 10.3. The predicted octanol–water partition coefficient (Wildman–Crippen LogP) is 3.29. The Morgan fingerprint density at radius 2 is 1.73 bits per heavy atom. The highest BCUT2D eigenvalue weighted by Crippen LogP contribution is 2.38. The molecule has 176 valence electrons. The predicted molar refractivity (Wildman–Crippen MR) is 126 cm³/mol. The topological polar surface area (TPSA) is 107 Å². The average Bonchev–Trinajstić information content (AvgIpc) is 3.47. The van der Waals surface area contributed by atoms with Crippen LogP contribution in [0.4, 0.5) is 5.13 Å². The van der Waals surface area contributed by atoms with Gasteiger partial charge in [0, 0.05) is 13.1 Å². The number of aromatic nitrogens is 1. The lowest BCUT2D eigenvalue weighted by atomic mass is 10.1. The summed E-state index contributed by atoms with van der Waals surface area (Å²) in [4.78, 5) is 17.3. The fourth-order valence-corrected chi connectivity index (χ4v) is 6.32. The monoisotopic (exact) mass is 491 g/mol. The van der Waals surface area contributed by atoms with E-state index >= 15 is 0 Å². The summed E-state index contributed by atoms with van der Waals surface area (Å²) in [5, 5.41) is 3.19. The molecule has 2 heterocycles. The lowest BCUT2D eigenvalue weighted by molar-refractivity contribution is -0.115. The molecule has 0 spiro atoms. The third-order valence-corrected chi connectivity index (χ3v) is 8.23. The van der Waals surface area contributed by atoms with E-state index in [9.17, 15) is 13.2 Å². The molecule has 33 heavy (non-hydrogen) atoms. The van der Waals surface area contributed by atoms with Crippen molar-refractivity contribution in [2.45, 2.75) is 24.2 Å². The zero-order chi connectivity index (χ0) is 23.6. The zero-order valence-electron chi connectivity index (χ0n) is 18.6. The highest BCUT2D eigenvalue weighted by molar-refractivity contribution is 7.89. The Balaban J connectivity index is 1.52. The number of amides is 1. The summed E-state index contributed by atoms with van der Waals surface area (Å²) < 4.78 is 43.8. The highest BCUT2D eigenvalue weighted by atomic mass is 32.2. The molecule has 0 unspecified atom stereocenters. The molecular formula is C22H25N3O6S2. The van der Waals surface area contributed by atoms with Crippen LogP contribution in [0.2, 0.25) is 0 Å². The summed E-state index contributed by atoms with van der Waals surface area (Å²) in [7, 11) is 1.03. The number of hydrogen-bond donors (Lipinski definition) is 1. The van der Waals surface area contributed by atoms with E-state index in [0.29, 0.717) is 51.2 Å². The average molecular weight is 492 g/mol. The smallest absolute Gasteiger partial charge is 0.243 e. The van der Waals surface area contributed by atoms with E-state index in [0.717, 1.165) is 12.8 Å². The lowest BCUT2D eigenvalue weighted by Crippen LogP contribution is -2.27. The molecule has 0 atom stereocenters. The van der Waals surface area contributed by atoms with Gasteiger partial charge in [0.2, 0.25) is 21.7 Å². The first-order chi connectivity index (χ1) is 15.8. The second kappa shape index (κ2) is 9.54. The number of hydrogen-bond acceptors (Lipinski definition) is 8. The minimum atomic E-state index is -3.51. The molecule has 1 saturated heterocycles. The summed E-state index contributed by atoms with van der Waals surface area (Å²) in [5.74, 6) is 1.11. The zero-order valence-corrected chi connectivity index (χ0v) is 20.2. The Morgan fingerprint density at radius 3 is 2.33 bits per heavy atom. The number of anilines is 1. The first kappa shape index (κ1) is 23.3. The van der Waals surface area contributed by atoms with Gasteiger partial charge in [0.15, 0.2) is 16.6 Å². The number of rotatable bonds is 8. The molecular weight excluding hydrogens is 466 g/mol. The van der Waals surface area contributed by atoms with Crippen molar-refractivity contribution in [3.8, 4) is 17.2 Å². The lowest BCUT2D eigenvalue weighted by Gasteiger charge is -2.15. The molecule has 1 fully saturated rings. The summed E-state index contributed by atoms with van der Waals surface area (Å²) in [6.07, 6.45) is 1.83. The van der Waals surface area contributed by atoms with Gasteiger partial charge in [0.25, 0.3) is 0 Å². The van der Waals surface area contributed by atoms with E-state index in [4.69, 9.17) is 14.2 Å². The SMILES string of the molecule is COc1cc(CC(=O)Nc2nc3ccc(S(=O)(=O)N4CCCC4)cc3s2)cc(OC)c1OC. The molecule has 11 heteroatoms. The Labute approximate surface area is 196 Å². The molecule has 1 aliphatic heterocycles. The number of carbonyl (C=O) groups is 1. The van der Waals surface area contributed by atoms with Gasteiger partial charge in [-0.2, -0.15) is 4.31 Å². The third-order valence-electron chi connectivity index (χ3n) is 5.40. The molecule has 0 radical (unpaired) electrons. The number of nitrogens with one attached hydrogen (secondary N) is 1. The normalized spacial score (nSPS) is 14.4. The van der Waals surface area contributed by atoms with Gasteiger partial charge < -0.3 is 19.5 Å². The maximum Gasteiger partial charge on any atom is 0.243 e. The number of benzene rings is 2. The van der Waals surface area contributed by atoms with Gasteiger partial charge in [-0.15, -0.1) is 0 Å². The first-order valence-corrected chi connectivity index (χ1v) is 12.6. The maximum absolute atomic E-state index is 12.8. The second-order valence-corrected chi connectivity index (χ2v) is 10.5. The molecule has 0 bridgehead atoms. The molecule has 4 rings (SSSR count). The van der Waals surface area contributed by atoms with Gasteiger partial charge in [0.05, 0.1) is 42.9 Å². The molecule has 0 saturated carbocycles. The number of thiazole rings is 1. The van der Waals surface area contributed by atoms with Crippen LogP contribution in [0.5, 0.6) is 17.2 Å². The van der Waals surface area contributed by atoms with Crippen LogP contribution in [-0.2, 0) is 21.2 Å². The van der Waals surface area contributed by atoms with Crippen molar-refractivity contribution in [1.82, 2.24) is 9.29 Å². The van der Waals surface area contributed by atoms with Crippen LogP contribution in [-0.4, -0.2) is 58.0 Å². The second-order valence-electron chi connectivity index (χ2n) is 7.52. The summed E-state index contributed by atoms with van der Waals surface area (Å²) in [6, 6.07) is 8.29. The van der Waals surface area contributed by atoms with E-state index in [1.54, 1.807) is 30.3 Å². The summed E-state index contributed by atoms with van der Waals surface area (Å²) >= 11 is 1.23. The molecule has 1 N–H and O–H groups in total. The largest absolute Gasteiger partial charge is 0.493 e. The van der Waals surface area contributed by atoms with E-state index in [-0.39, 0.29) is 17.2 Å². The van der Waals surface area contributed by atoms with Crippen LogP contribution in [0, 0.1) is 0 Å². The number of nitrogens with zero attached hydrogens (tertiary/aromatic N) is 2. The number of carbonyl (C=O) groups excluding carboxylic acids is 1. The van der Waals surface area contributed by atoms with E-state index in [2.05, 4.69) is 10.3 Å². The van der Waals surface area contributed by atoms with Crippen molar-refractivity contribution >= 4 is 42.6 Å². The Kier molecular flexibility index (Phi) is 6.73. The van der Waals surface area contributed by atoms with Crippen molar-refractivity contribution in [2.75, 3.05) is 39.7 Å². The summed E-state index contributed by atoms with van der Waals surface area (Å²) in [5.41, 5.74) is 1.31. The van der Waals surface area contributed by atoms with Crippen LogP contribution in [0.1, 0.15) is 18.4 Å². The molecule has 2 aromatic carbocycles. The number of sulfonamides is 1. The molecule has 1 aromatic heterocycles. The Bertz CT molecular complexity index is 1260. The Hall–Kier alpha value is -2.89. The van der Waals surface area contributed by atoms with Gasteiger partial charge in [-0.3, -0.25) is 4.79 Å². The molecule has 3 aromatic rings. The maximum atomic E-state index is 12.8. The van der Waals surface area contributed by atoms with Gasteiger partial charge >= 0.3 is 0 Å². The minimum absolute atomic E-state index is 0.0707. The van der Waals surface area contributed by atoms with Crippen LogP contribution in [0.15, 0.2) is 35.2 Å². The number of fused-ring (bicyclic) bond motifs is 1. The van der Waals surface area contributed by atoms with Gasteiger partial charge in [-0.25, -0.2) is 13.4 Å². The van der Waals surface area contributed by atoms with Crippen LogP contribution >= 0.6 is 11.3 Å². The van der Waals surface area contributed by atoms with Crippen molar-refractivity contribution in [3.63, 3.8) is 0 Å². The number of ether oxygens (including phenoxy) is 3.